The number of aryl methyl sites for hydroxylation is 1. The number of halogens is 1. The monoisotopic (exact) mass is 525 g/mol. The minimum atomic E-state index is -4.15. The maximum absolute atomic E-state index is 14.5. The van der Waals surface area contributed by atoms with E-state index >= 15 is 0 Å². The molecule has 3 aromatic carbocycles. The summed E-state index contributed by atoms with van der Waals surface area (Å²) >= 11 is 0. The smallest absolute Gasteiger partial charge is 0.264 e. The lowest BCUT2D eigenvalue weighted by Crippen LogP contribution is -2.51. The fraction of sp³-hybridized carbons (Fsp3) is 0.286. The third kappa shape index (κ3) is 6.35. The third-order valence-electron chi connectivity index (χ3n) is 6.27. The van der Waals surface area contributed by atoms with E-state index in [-0.39, 0.29) is 17.0 Å². The van der Waals surface area contributed by atoms with Gasteiger partial charge in [-0.1, -0.05) is 48.5 Å². The van der Waals surface area contributed by atoms with Gasteiger partial charge >= 0.3 is 0 Å². The molecule has 0 saturated carbocycles. The van der Waals surface area contributed by atoms with Gasteiger partial charge in [0, 0.05) is 18.7 Å². The summed E-state index contributed by atoms with van der Waals surface area (Å²) in [4.78, 5) is 27.7. The highest BCUT2D eigenvalue weighted by molar-refractivity contribution is 7.92. The second-order valence-electron chi connectivity index (χ2n) is 8.73. The average molecular weight is 526 g/mol. The lowest BCUT2D eigenvalue weighted by atomic mass is 10.1. The van der Waals surface area contributed by atoms with Crippen molar-refractivity contribution in [3.05, 3.63) is 95.3 Å². The van der Waals surface area contributed by atoms with Crippen LogP contribution in [0.4, 0.5) is 10.1 Å². The zero-order valence-electron chi connectivity index (χ0n) is 21.4. The summed E-state index contributed by atoms with van der Waals surface area (Å²) in [5.41, 5.74) is 2.13. The first kappa shape index (κ1) is 27.9. The van der Waals surface area contributed by atoms with Crippen molar-refractivity contribution >= 4 is 27.5 Å². The molecule has 3 aromatic rings. The largest absolute Gasteiger partial charge is 0.355 e. The predicted molar refractivity (Wildman–Crippen MR) is 142 cm³/mol. The molecule has 0 aliphatic heterocycles. The Kier molecular flexibility index (Phi) is 9.04. The summed E-state index contributed by atoms with van der Waals surface area (Å²) in [5.74, 6) is -1.58. The maximum Gasteiger partial charge on any atom is 0.264 e. The number of likely N-dealkylation sites (N-methyl/N-ethyl adjacent to an activating group) is 1. The Labute approximate surface area is 218 Å². The van der Waals surface area contributed by atoms with Crippen molar-refractivity contribution in [2.45, 2.75) is 45.2 Å². The van der Waals surface area contributed by atoms with Crippen molar-refractivity contribution in [2.75, 3.05) is 17.4 Å². The summed E-state index contributed by atoms with van der Waals surface area (Å²) < 4.78 is 43.2. The van der Waals surface area contributed by atoms with E-state index in [4.69, 9.17) is 0 Å². The van der Waals surface area contributed by atoms with Crippen molar-refractivity contribution in [3.8, 4) is 0 Å². The van der Waals surface area contributed by atoms with Crippen LogP contribution in [0, 0.1) is 19.7 Å². The van der Waals surface area contributed by atoms with Crippen LogP contribution in [0.25, 0.3) is 0 Å². The van der Waals surface area contributed by atoms with E-state index < -0.39 is 40.2 Å². The fourth-order valence-corrected chi connectivity index (χ4v) is 5.45. The number of hydrogen-bond acceptors (Lipinski definition) is 4. The van der Waals surface area contributed by atoms with Crippen LogP contribution in [0.3, 0.4) is 0 Å². The van der Waals surface area contributed by atoms with Crippen LogP contribution in [0.2, 0.25) is 0 Å². The highest BCUT2D eigenvalue weighted by atomic mass is 32.2. The van der Waals surface area contributed by atoms with E-state index in [2.05, 4.69) is 5.32 Å². The van der Waals surface area contributed by atoms with Crippen LogP contribution >= 0.6 is 0 Å². The van der Waals surface area contributed by atoms with Crippen LogP contribution in [0.1, 0.15) is 30.5 Å². The molecular weight excluding hydrogens is 493 g/mol. The molecule has 0 fully saturated rings. The molecule has 0 heterocycles. The topological polar surface area (TPSA) is 86.8 Å². The van der Waals surface area contributed by atoms with Gasteiger partial charge in [0.05, 0.1) is 10.6 Å². The second kappa shape index (κ2) is 12.0. The molecule has 7 nitrogen and oxygen atoms in total. The van der Waals surface area contributed by atoms with Crippen molar-refractivity contribution in [3.63, 3.8) is 0 Å². The van der Waals surface area contributed by atoms with Crippen molar-refractivity contribution in [2.24, 2.45) is 0 Å². The molecule has 2 amide bonds. The lowest BCUT2D eigenvalue weighted by molar-refractivity contribution is -0.139. The van der Waals surface area contributed by atoms with Gasteiger partial charge in [0.2, 0.25) is 11.8 Å². The summed E-state index contributed by atoms with van der Waals surface area (Å²) in [6, 6.07) is 18.1. The van der Waals surface area contributed by atoms with Gasteiger partial charge in [0.25, 0.3) is 10.0 Å². The molecule has 9 heteroatoms. The number of benzene rings is 3. The van der Waals surface area contributed by atoms with Gasteiger partial charge in [-0.25, -0.2) is 12.8 Å². The van der Waals surface area contributed by atoms with E-state index in [0.717, 1.165) is 9.87 Å². The summed E-state index contributed by atoms with van der Waals surface area (Å²) in [6.07, 6.45) is 0. The van der Waals surface area contributed by atoms with Crippen LogP contribution in [0.15, 0.2) is 77.7 Å². The number of anilines is 1. The first-order valence-electron chi connectivity index (χ1n) is 12.0. The highest BCUT2D eigenvalue weighted by Gasteiger charge is 2.33. The molecule has 0 saturated heterocycles. The van der Waals surface area contributed by atoms with Crippen LogP contribution < -0.4 is 9.62 Å². The third-order valence-corrected chi connectivity index (χ3v) is 8.05. The average Bonchev–Trinajstić information content (AvgIpc) is 2.88. The molecule has 0 radical (unpaired) electrons. The van der Waals surface area contributed by atoms with Crippen LogP contribution in [-0.2, 0) is 26.2 Å². The number of rotatable bonds is 10. The molecule has 0 aliphatic carbocycles. The first-order chi connectivity index (χ1) is 17.6. The van der Waals surface area contributed by atoms with Gasteiger partial charge in [-0.15, -0.1) is 0 Å². The van der Waals surface area contributed by atoms with Gasteiger partial charge in [-0.2, -0.15) is 0 Å². The van der Waals surface area contributed by atoms with Gasteiger partial charge in [-0.3, -0.25) is 13.9 Å². The van der Waals surface area contributed by atoms with E-state index in [1.54, 1.807) is 50.2 Å². The molecule has 0 aliphatic rings. The lowest BCUT2D eigenvalue weighted by Gasteiger charge is -2.32. The van der Waals surface area contributed by atoms with Crippen molar-refractivity contribution in [1.82, 2.24) is 10.2 Å². The number of sulfonamides is 1. The molecule has 0 aromatic heterocycles. The number of amides is 2. The second-order valence-corrected chi connectivity index (χ2v) is 10.6. The minimum absolute atomic E-state index is 0.0288. The normalized spacial score (nSPS) is 12.0. The summed E-state index contributed by atoms with van der Waals surface area (Å²) in [5, 5.41) is 2.68. The summed E-state index contributed by atoms with van der Waals surface area (Å²) in [7, 11) is -4.15. The predicted octanol–water partition coefficient (Wildman–Crippen LogP) is 4.19. The number of carbonyl (C=O) groups is 2. The molecule has 0 unspecified atom stereocenters. The molecule has 1 N–H and O–H groups in total. The minimum Gasteiger partial charge on any atom is -0.355 e. The van der Waals surface area contributed by atoms with E-state index in [0.29, 0.717) is 17.8 Å². The van der Waals surface area contributed by atoms with Crippen molar-refractivity contribution in [1.29, 1.82) is 0 Å². The van der Waals surface area contributed by atoms with Gasteiger partial charge < -0.3 is 10.2 Å². The SMILES string of the molecule is CCNC(=O)[C@@H](C)N(Cc1ccccc1F)C(=O)CN(c1cccc(C)c1C)S(=O)(=O)c1ccccc1. The van der Waals surface area contributed by atoms with Crippen molar-refractivity contribution < 1.29 is 22.4 Å². The number of hydrogen-bond donors (Lipinski definition) is 1. The zero-order chi connectivity index (χ0) is 27.2. The molecule has 196 valence electrons. The summed E-state index contributed by atoms with van der Waals surface area (Å²) in [6.45, 7) is 6.52. The quantitative estimate of drug-likeness (QED) is 0.430. The molecule has 0 bridgehead atoms. The number of nitrogens with one attached hydrogen (secondary N) is 1. The zero-order valence-corrected chi connectivity index (χ0v) is 22.3. The molecular formula is C28H32FN3O4S. The van der Waals surface area contributed by atoms with Gasteiger partial charge in [0.15, 0.2) is 0 Å². The Bertz CT molecular complexity index is 1360. The standard InChI is InChI=1S/C28H32FN3O4S/c1-5-30-28(34)22(4)31(18-23-13-9-10-16-25(23)29)27(33)19-32(26-17-11-12-20(2)21(26)3)37(35,36)24-14-7-6-8-15-24/h6-17,22H,5,18-19H2,1-4H3,(H,30,34)/t22-/m1/s1. The van der Waals surface area contributed by atoms with E-state index in [9.17, 15) is 22.4 Å². The Hall–Kier alpha value is -3.72. The van der Waals surface area contributed by atoms with Gasteiger partial charge in [-0.05, 0) is 63.1 Å². The Morgan fingerprint density at radius 1 is 0.946 bits per heavy atom. The maximum atomic E-state index is 14.5. The Morgan fingerprint density at radius 3 is 2.24 bits per heavy atom. The van der Waals surface area contributed by atoms with Crippen LogP contribution in [-0.4, -0.2) is 44.3 Å². The molecule has 37 heavy (non-hydrogen) atoms. The van der Waals surface area contributed by atoms with E-state index in [1.165, 1.54) is 42.2 Å². The van der Waals surface area contributed by atoms with Crippen LogP contribution in [0.5, 0.6) is 0 Å². The fourth-order valence-electron chi connectivity index (χ4n) is 3.95. The molecule has 0 spiro atoms. The number of carbonyl (C=O) groups excluding carboxylic acids is 2. The highest BCUT2D eigenvalue weighted by Crippen LogP contribution is 2.29. The Morgan fingerprint density at radius 2 is 1.59 bits per heavy atom. The number of nitrogens with zero attached hydrogens (tertiary/aromatic N) is 2. The van der Waals surface area contributed by atoms with E-state index in [1.807, 2.05) is 13.0 Å². The molecule has 3 rings (SSSR count). The Balaban J connectivity index is 2.08. The first-order valence-corrected chi connectivity index (χ1v) is 13.5. The van der Waals surface area contributed by atoms with Gasteiger partial charge in [0.1, 0.15) is 18.4 Å². The molecule has 1 atom stereocenters.